The van der Waals surface area contributed by atoms with E-state index in [-0.39, 0.29) is 29.2 Å². The SMILES string of the molecule is O=C(Nc1ccc(N2CCN(C(=O)c3ccccc3F)CC2)c(C(=O)N2CCCC2)c1)C1CC1. The number of anilines is 2. The Kier molecular flexibility index (Phi) is 6.22. The van der Waals surface area contributed by atoms with Crippen molar-refractivity contribution in [3.05, 3.63) is 59.4 Å². The molecule has 0 spiro atoms. The number of piperazine rings is 1. The van der Waals surface area contributed by atoms with Crippen molar-refractivity contribution in [3.63, 3.8) is 0 Å². The standard InChI is InChI=1S/C26H29FN4O3/c27-22-6-2-1-5-20(22)25(33)31-15-13-29(14-16-31)23-10-9-19(28-24(32)18-7-8-18)17-21(23)26(34)30-11-3-4-12-30/h1-2,5-6,9-10,17-18H,3-4,7-8,11-16H2,(H,28,32). The van der Waals surface area contributed by atoms with E-state index in [1.165, 1.54) is 12.1 Å². The number of hydrogen-bond acceptors (Lipinski definition) is 4. The molecule has 1 N–H and O–H groups in total. The van der Waals surface area contributed by atoms with Crippen molar-refractivity contribution in [3.8, 4) is 0 Å². The highest BCUT2D eigenvalue weighted by molar-refractivity contribution is 6.02. The lowest BCUT2D eigenvalue weighted by Crippen LogP contribution is -2.49. The molecule has 8 heteroatoms. The number of amides is 3. The fraction of sp³-hybridized carbons (Fsp3) is 0.423. The van der Waals surface area contributed by atoms with Gasteiger partial charge in [0, 0.05) is 56.6 Å². The van der Waals surface area contributed by atoms with Crippen molar-refractivity contribution in [2.75, 3.05) is 49.5 Å². The predicted octanol–water partition coefficient (Wildman–Crippen LogP) is 3.37. The van der Waals surface area contributed by atoms with Gasteiger partial charge in [0.15, 0.2) is 0 Å². The summed E-state index contributed by atoms with van der Waals surface area (Å²) < 4.78 is 14.1. The zero-order chi connectivity index (χ0) is 23.7. The highest BCUT2D eigenvalue weighted by Gasteiger charge is 2.31. The maximum atomic E-state index is 14.1. The van der Waals surface area contributed by atoms with Gasteiger partial charge >= 0.3 is 0 Å². The fourth-order valence-corrected chi connectivity index (χ4v) is 4.70. The maximum Gasteiger partial charge on any atom is 0.256 e. The van der Waals surface area contributed by atoms with Crippen LogP contribution in [-0.4, -0.2) is 66.8 Å². The van der Waals surface area contributed by atoms with Gasteiger partial charge in [0.05, 0.1) is 11.1 Å². The summed E-state index contributed by atoms with van der Waals surface area (Å²) in [5.41, 5.74) is 2.09. The molecule has 7 nitrogen and oxygen atoms in total. The maximum absolute atomic E-state index is 14.1. The minimum atomic E-state index is -0.516. The molecular formula is C26H29FN4O3. The third-order valence-corrected chi connectivity index (χ3v) is 6.85. The average molecular weight is 465 g/mol. The minimum absolute atomic E-state index is 0.00703. The Labute approximate surface area is 198 Å². The van der Waals surface area contributed by atoms with E-state index in [1.807, 2.05) is 17.0 Å². The minimum Gasteiger partial charge on any atom is -0.367 e. The summed E-state index contributed by atoms with van der Waals surface area (Å²) in [4.78, 5) is 44.0. The van der Waals surface area contributed by atoms with Crippen LogP contribution in [0, 0.1) is 11.7 Å². The molecule has 178 valence electrons. The second-order valence-corrected chi connectivity index (χ2v) is 9.25. The van der Waals surface area contributed by atoms with E-state index < -0.39 is 5.82 Å². The number of nitrogens with one attached hydrogen (secondary N) is 1. The van der Waals surface area contributed by atoms with Gasteiger partial charge in [0.25, 0.3) is 11.8 Å². The second-order valence-electron chi connectivity index (χ2n) is 9.25. The smallest absolute Gasteiger partial charge is 0.256 e. The van der Waals surface area contributed by atoms with E-state index in [0.29, 0.717) is 37.4 Å². The Hall–Kier alpha value is -3.42. The monoisotopic (exact) mass is 464 g/mol. The first kappa shape index (κ1) is 22.4. The zero-order valence-electron chi connectivity index (χ0n) is 19.1. The topological polar surface area (TPSA) is 73.0 Å². The van der Waals surface area contributed by atoms with Crippen LogP contribution < -0.4 is 10.2 Å². The first-order valence-corrected chi connectivity index (χ1v) is 12.0. The van der Waals surface area contributed by atoms with Crippen LogP contribution in [-0.2, 0) is 4.79 Å². The van der Waals surface area contributed by atoms with Crippen LogP contribution in [0.2, 0.25) is 0 Å². The van der Waals surface area contributed by atoms with Gasteiger partial charge in [-0.15, -0.1) is 0 Å². The molecule has 2 heterocycles. The predicted molar refractivity (Wildman–Crippen MR) is 127 cm³/mol. The van der Waals surface area contributed by atoms with Crippen molar-refractivity contribution in [2.24, 2.45) is 5.92 Å². The van der Waals surface area contributed by atoms with Crippen LogP contribution in [0.15, 0.2) is 42.5 Å². The van der Waals surface area contributed by atoms with Gasteiger partial charge in [-0.1, -0.05) is 12.1 Å². The summed E-state index contributed by atoms with van der Waals surface area (Å²) in [5.74, 6) is -0.772. The molecule has 3 fully saturated rings. The van der Waals surface area contributed by atoms with Gasteiger partial charge in [0.1, 0.15) is 5.82 Å². The van der Waals surface area contributed by atoms with Crippen molar-refractivity contribution >= 4 is 29.1 Å². The fourth-order valence-electron chi connectivity index (χ4n) is 4.70. The number of benzene rings is 2. The second kappa shape index (κ2) is 9.44. The quantitative estimate of drug-likeness (QED) is 0.737. The number of halogens is 1. The Morgan fingerprint density at radius 3 is 2.12 bits per heavy atom. The molecule has 2 saturated heterocycles. The van der Waals surface area contributed by atoms with E-state index in [4.69, 9.17) is 0 Å². The number of likely N-dealkylation sites (tertiary alicyclic amines) is 1. The third-order valence-electron chi connectivity index (χ3n) is 6.85. The van der Waals surface area contributed by atoms with E-state index in [0.717, 1.165) is 44.5 Å². The summed E-state index contributed by atoms with van der Waals surface area (Å²) in [7, 11) is 0. The molecular weight excluding hydrogens is 435 g/mol. The molecule has 3 aliphatic rings. The van der Waals surface area contributed by atoms with Crippen LogP contribution in [0.5, 0.6) is 0 Å². The molecule has 0 unspecified atom stereocenters. The molecule has 1 aliphatic carbocycles. The molecule has 2 aromatic carbocycles. The van der Waals surface area contributed by atoms with Crippen LogP contribution >= 0.6 is 0 Å². The Morgan fingerprint density at radius 2 is 1.44 bits per heavy atom. The Balaban J connectivity index is 1.34. The first-order valence-electron chi connectivity index (χ1n) is 12.0. The molecule has 34 heavy (non-hydrogen) atoms. The van der Waals surface area contributed by atoms with Crippen molar-refractivity contribution in [1.29, 1.82) is 0 Å². The van der Waals surface area contributed by atoms with Gasteiger partial charge in [-0.25, -0.2) is 4.39 Å². The molecule has 2 aliphatic heterocycles. The summed E-state index contributed by atoms with van der Waals surface area (Å²) in [6, 6.07) is 11.5. The van der Waals surface area contributed by atoms with Crippen LogP contribution in [0.3, 0.4) is 0 Å². The lowest BCUT2D eigenvalue weighted by molar-refractivity contribution is -0.117. The Bertz CT molecular complexity index is 1100. The number of carbonyl (C=O) groups excluding carboxylic acids is 3. The first-order chi connectivity index (χ1) is 16.5. The largest absolute Gasteiger partial charge is 0.367 e. The molecule has 0 radical (unpaired) electrons. The number of nitrogens with zero attached hydrogens (tertiary/aromatic N) is 3. The highest BCUT2D eigenvalue weighted by atomic mass is 19.1. The van der Waals surface area contributed by atoms with E-state index in [9.17, 15) is 18.8 Å². The summed E-state index contributed by atoms with van der Waals surface area (Å²) in [6.07, 6.45) is 3.82. The lowest BCUT2D eigenvalue weighted by atomic mass is 10.1. The molecule has 3 amide bonds. The van der Waals surface area contributed by atoms with Crippen LogP contribution in [0.1, 0.15) is 46.4 Å². The normalized spacial score (nSPS) is 18.2. The number of hydrogen-bond donors (Lipinski definition) is 1. The number of carbonyl (C=O) groups is 3. The van der Waals surface area contributed by atoms with E-state index in [1.54, 1.807) is 23.1 Å². The van der Waals surface area contributed by atoms with Gasteiger partial charge in [-0.3, -0.25) is 14.4 Å². The average Bonchev–Trinajstić information content (AvgIpc) is 3.58. The molecule has 0 bridgehead atoms. The third kappa shape index (κ3) is 4.62. The number of rotatable bonds is 5. The van der Waals surface area contributed by atoms with Crippen molar-refractivity contribution < 1.29 is 18.8 Å². The summed E-state index contributed by atoms with van der Waals surface area (Å²) in [5, 5.41) is 2.95. The van der Waals surface area contributed by atoms with Crippen molar-refractivity contribution in [2.45, 2.75) is 25.7 Å². The summed E-state index contributed by atoms with van der Waals surface area (Å²) in [6.45, 7) is 3.42. The van der Waals surface area contributed by atoms with Crippen LogP contribution in [0.25, 0.3) is 0 Å². The molecule has 2 aromatic rings. The van der Waals surface area contributed by atoms with Crippen LogP contribution in [0.4, 0.5) is 15.8 Å². The molecule has 5 rings (SSSR count). The highest BCUT2D eigenvalue weighted by Crippen LogP contribution is 2.32. The molecule has 0 atom stereocenters. The summed E-state index contributed by atoms with van der Waals surface area (Å²) >= 11 is 0. The molecule has 0 aromatic heterocycles. The van der Waals surface area contributed by atoms with Gasteiger partial charge < -0.3 is 20.0 Å². The van der Waals surface area contributed by atoms with Gasteiger partial charge in [-0.05, 0) is 56.0 Å². The Morgan fingerprint density at radius 1 is 0.794 bits per heavy atom. The van der Waals surface area contributed by atoms with Gasteiger partial charge in [-0.2, -0.15) is 0 Å². The van der Waals surface area contributed by atoms with Gasteiger partial charge in [0.2, 0.25) is 5.91 Å². The van der Waals surface area contributed by atoms with E-state index >= 15 is 0 Å². The zero-order valence-corrected chi connectivity index (χ0v) is 19.1. The molecule has 1 saturated carbocycles. The lowest BCUT2D eigenvalue weighted by Gasteiger charge is -2.37. The van der Waals surface area contributed by atoms with E-state index in [2.05, 4.69) is 10.2 Å². The van der Waals surface area contributed by atoms with Crippen molar-refractivity contribution in [1.82, 2.24) is 9.80 Å².